The number of benzene rings is 1. The van der Waals surface area contributed by atoms with E-state index in [9.17, 15) is 5.26 Å². The molecule has 0 radical (unpaired) electrons. The van der Waals surface area contributed by atoms with E-state index in [1.165, 1.54) is 0 Å². The minimum Gasteiger partial charge on any atom is -0.374 e. The summed E-state index contributed by atoms with van der Waals surface area (Å²) in [5.74, 6) is 1.69. The van der Waals surface area contributed by atoms with E-state index in [1.54, 1.807) is 0 Å². The highest BCUT2D eigenvalue weighted by atomic mass is 16.5. The third-order valence-electron chi connectivity index (χ3n) is 6.70. The molecule has 0 unspecified atom stereocenters. The number of anilines is 2. The molecule has 3 aromatic rings. The minimum atomic E-state index is -0.0386. The number of rotatable bonds is 6. The van der Waals surface area contributed by atoms with Crippen molar-refractivity contribution in [3.63, 3.8) is 0 Å². The summed E-state index contributed by atoms with van der Waals surface area (Å²) in [6.07, 6.45) is 3.31. The van der Waals surface area contributed by atoms with Crippen LogP contribution in [0.5, 0.6) is 0 Å². The lowest BCUT2D eigenvalue weighted by Crippen LogP contribution is -2.37. The molecular weight excluding hydrogens is 414 g/mol. The number of fused-ring (bicyclic) bond motifs is 3. The van der Waals surface area contributed by atoms with Crippen LogP contribution in [0.25, 0.3) is 10.8 Å². The van der Waals surface area contributed by atoms with Crippen LogP contribution in [-0.2, 0) is 11.3 Å². The largest absolute Gasteiger partial charge is 0.374 e. The van der Waals surface area contributed by atoms with Gasteiger partial charge in [-0.3, -0.25) is 0 Å². The maximum Gasteiger partial charge on any atom is 0.157 e. The van der Waals surface area contributed by atoms with Gasteiger partial charge in [-0.1, -0.05) is 12.1 Å². The Morgan fingerprint density at radius 3 is 2.85 bits per heavy atom. The lowest BCUT2D eigenvalue weighted by molar-refractivity contribution is 0.0989. The standard InChI is InChI=1S/C25H29N7O/c1-15-17(10-26)6-5-7-20(15)16(2)28-25-21-9-24(32-12-19-8-18(32)14-33-19)27-11-22(21)23(29-30-25)13-31(3)4/h5-7,9,11,16,18-19H,8,12-14H2,1-4H3,(H,28,30)/t16-,18-,19-/m1/s1. The van der Waals surface area contributed by atoms with E-state index in [2.05, 4.69) is 50.4 Å². The summed E-state index contributed by atoms with van der Waals surface area (Å²) < 4.78 is 5.78. The number of hydrogen-bond acceptors (Lipinski definition) is 8. The van der Waals surface area contributed by atoms with Gasteiger partial charge in [0, 0.05) is 30.1 Å². The number of hydrogen-bond donors (Lipinski definition) is 1. The summed E-state index contributed by atoms with van der Waals surface area (Å²) >= 11 is 0. The Labute approximate surface area is 194 Å². The summed E-state index contributed by atoms with van der Waals surface area (Å²) in [4.78, 5) is 9.25. The van der Waals surface area contributed by atoms with E-state index in [4.69, 9.17) is 9.72 Å². The Balaban J connectivity index is 1.54. The van der Waals surface area contributed by atoms with Crippen LogP contribution in [0.3, 0.4) is 0 Å². The van der Waals surface area contributed by atoms with Crippen LogP contribution in [0.4, 0.5) is 11.6 Å². The van der Waals surface area contributed by atoms with Crippen molar-refractivity contribution in [1.29, 1.82) is 5.26 Å². The maximum atomic E-state index is 9.42. The zero-order valence-electron chi connectivity index (χ0n) is 19.5. The van der Waals surface area contributed by atoms with Crippen LogP contribution in [0.15, 0.2) is 30.5 Å². The Morgan fingerprint density at radius 2 is 2.15 bits per heavy atom. The fraction of sp³-hybridized carbons (Fsp3) is 0.440. The highest BCUT2D eigenvalue weighted by molar-refractivity contribution is 5.94. The Hall–Kier alpha value is -3.28. The third-order valence-corrected chi connectivity index (χ3v) is 6.70. The second-order valence-electron chi connectivity index (χ2n) is 9.32. The highest BCUT2D eigenvalue weighted by Crippen LogP contribution is 2.35. The zero-order chi connectivity index (χ0) is 23.1. The number of morpholine rings is 1. The second-order valence-corrected chi connectivity index (χ2v) is 9.32. The number of nitrogens with zero attached hydrogens (tertiary/aromatic N) is 6. The van der Waals surface area contributed by atoms with Gasteiger partial charge in [-0.2, -0.15) is 10.4 Å². The highest BCUT2D eigenvalue weighted by Gasteiger charge is 2.39. The predicted molar refractivity (Wildman–Crippen MR) is 128 cm³/mol. The van der Waals surface area contributed by atoms with Crippen molar-refractivity contribution in [3.05, 3.63) is 52.8 Å². The number of nitrogens with one attached hydrogen (secondary N) is 1. The smallest absolute Gasteiger partial charge is 0.157 e. The van der Waals surface area contributed by atoms with Crippen LogP contribution in [0, 0.1) is 18.3 Å². The van der Waals surface area contributed by atoms with Crippen LogP contribution in [-0.4, -0.2) is 59.5 Å². The molecule has 0 spiro atoms. The predicted octanol–water partition coefficient (Wildman–Crippen LogP) is 3.42. The van der Waals surface area contributed by atoms with Crippen LogP contribution in [0.1, 0.15) is 41.8 Å². The number of pyridine rings is 1. The van der Waals surface area contributed by atoms with Gasteiger partial charge < -0.3 is 19.9 Å². The van der Waals surface area contributed by atoms with E-state index in [0.717, 1.165) is 58.8 Å². The number of ether oxygens (including phenoxy) is 1. The molecule has 2 fully saturated rings. The van der Waals surface area contributed by atoms with Gasteiger partial charge in [-0.15, -0.1) is 5.10 Å². The summed E-state index contributed by atoms with van der Waals surface area (Å²) in [6, 6.07) is 10.6. The lowest BCUT2D eigenvalue weighted by Gasteiger charge is -2.28. The number of aromatic nitrogens is 3. The van der Waals surface area contributed by atoms with E-state index in [-0.39, 0.29) is 6.04 Å². The molecule has 33 heavy (non-hydrogen) atoms. The first-order valence-corrected chi connectivity index (χ1v) is 11.4. The average Bonchev–Trinajstić information content (AvgIpc) is 3.44. The molecule has 0 aliphatic carbocycles. The Kier molecular flexibility index (Phi) is 5.60. The van der Waals surface area contributed by atoms with Gasteiger partial charge in [0.15, 0.2) is 5.82 Å². The topological polar surface area (TPSA) is 90.2 Å². The molecular formula is C25H29N7O. The van der Waals surface area contributed by atoms with Gasteiger partial charge in [0.2, 0.25) is 0 Å². The van der Waals surface area contributed by atoms with Gasteiger partial charge in [0.25, 0.3) is 0 Å². The summed E-state index contributed by atoms with van der Waals surface area (Å²) in [5.41, 5.74) is 3.65. The van der Waals surface area contributed by atoms with Gasteiger partial charge in [0.1, 0.15) is 5.82 Å². The fourth-order valence-corrected chi connectivity index (χ4v) is 4.98. The van der Waals surface area contributed by atoms with Crippen LogP contribution in [0.2, 0.25) is 0 Å². The molecule has 5 rings (SSSR count). The van der Waals surface area contributed by atoms with Crippen molar-refractivity contribution in [2.24, 2.45) is 0 Å². The molecule has 8 heteroatoms. The van der Waals surface area contributed by atoms with Crippen molar-refractivity contribution >= 4 is 22.4 Å². The van der Waals surface area contributed by atoms with Crippen molar-refractivity contribution in [2.75, 3.05) is 37.5 Å². The monoisotopic (exact) mass is 443 g/mol. The molecule has 0 amide bonds. The van der Waals surface area contributed by atoms with Crippen LogP contribution < -0.4 is 10.2 Å². The van der Waals surface area contributed by atoms with Crippen molar-refractivity contribution in [1.82, 2.24) is 20.1 Å². The maximum absolute atomic E-state index is 9.42. The van der Waals surface area contributed by atoms with E-state index in [0.29, 0.717) is 24.3 Å². The molecule has 2 aliphatic rings. The molecule has 2 saturated heterocycles. The van der Waals surface area contributed by atoms with E-state index in [1.807, 2.05) is 39.3 Å². The van der Waals surface area contributed by atoms with Crippen LogP contribution >= 0.6 is 0 Å². The molecule has 0 saturated carbocycles. The van der Waals surface area contributed by atoms with Gasteiger partial charge in [-0.05, 0) is 57.6 Å². The quantitative estimate of drug-likeness (QED) is 0.620. The van der Waals surface area contributed by atoms with Gasteiger partial charge in [-0.25, -0.2) is 4.98 Å². The SMILES string of the molecule is Cc1c(C#N)cccc1[C@@H](C)Nc1nnc(CN(C)C)c2cnc(N3C[C@H]4C[C@@H]3CO4)cc12. The number of nitriles is 1. The fourth-order valence-electron chi connectivity index (χ4n) is 4.98. The molecule has 1 aromatic carbocycles. The summed E-state index contributed by atoms with van der Waals surface area (Å²) in [5, 5.41) is 24.1. The molecule has 4 heterocycles. The Morgan fingerprint density at radius 1 is 1.30 bits per heavy atom. The first-order valence-electron chi connectivity index (χ1n) is 11.4. The third kappa shape index (κ3) is 3.99. The van der Waals surface area contributed by atoms with E-state index >= 15 is 0 Å². The molecule has 2 aromatic heterocycles. The van der Waals surface area contributed by atoms with Crippen molar-refractivity contribution < 1.29 is 4.74 Å². The Bertz CT molecular complexity index is 1240. The molecule has 1 N–H and O–H groups in total. The molecule has 2 bridgehead atoms. The lowest BCUT2D eigenvalue weighted by atomic mass is 9.98. The van der Waals surface area contributed by atoms with E-state index < -0.39 is 0 Å². The summed E-state index contributed by atoms with van der Waals surface area (Å²) in [6.45, 7) is 6.41. The molecule has 2 aliphatic heterocycles. The second kappa shape index (κ2) is 8.58. The zero-order valence-corrected chi connectivity index (χ0v) is 19.5. The first-order chi connectivity index (χ1) is 15.9. The molecule has 3 atom stereocenters. The first kappa shape index (κ1) is 21.6. The molecule has 170 valence electrons. The molecule has 8 nitrogen and oxygen atoms in total. The van der Waals surface area contributed by atoms with Gasteiger partial charge in [0.05, 0.1) is 42.1 Å². The average molecular weight is 444 g/mol. The van der Waals surface area contributed by atoms with Crippen molar-refractivity contribution in [3.8, 4) is 6.07 Å². The van der Waals surface area contributed by atoms with Crippen molar-refractivity contribution in [2.45, 2.75) is 45.0 Å². The normalized spacial score (nSPS) is 20.4. The van der Waals surface area contributed by atoms with Gasteiger partial charge >= 0.3 is 0 Å². The minimum absolute atomic E-state index is 0.0386. The summed E-state index contributed by atoms with van der Waals surface area (Å²) in [7, 11) is 4.05.